The largest absolute Gasteiger partial charge is 0.465 e. The summed E-state index contributed by atoms with van der Waals surface area (Å²) in [4.78, 5) is 22.5. The fourth-order valence-corrected chi connectivity index (χ4v) is 1.63. The molecule has 1 aromatic carbocycles. The second-order valence-electron chi connectivity index (χ2n) is 3.32. The Bertz CT molecular complexity index is 443. The number of esters is 1. The van der Waals surface area contributed by atoms with Crippen LogP contribution in [0.3, 0.4) is 0 Å². The third-order valence-electron chi connectivity index (χ3n) is 2.01. The van der Waals surface area contributed by atoms with Gasteiger partial charge in [0.15, 0.2) is 0 Å². The number of hydrogen-bond acceptors (Lipinski definition) is 3. The van der Waals surface area contributed by atoms with Crippen LogP contribution in [0.2, 0.25) is 5.02 Å². The number of methoxy groups -OCH3 is 1. The first kappa shape index (κ1) is 12.5. The van der Waals surface area contributed by atoms with Gasteiger partial charge in [0.2, 0.25) is 5.91 Å². The molecule has 0 atom stereocenters. The van der Waals surface area contributed by atoms with Gasteiger partial charge in [-0.15, -0.1) is 0 Å². The van der Waals surface area contributed by atoms with Crippen molar-refractivity contribution in [2.24, 2.45) is 0 Å². The van der Waals surface area contributed by atoms with Crippen LogP contribution in [0.15, 0.2) is 12.1 Å². The Labute approximate surface area is 98.5 Å². The van der Waals surface area contributed by atoms with Crippen molar-refractivity contribution in [1.82, 2.24) is 0 Å². The van der Waals surface area contributed by atoms with Gasteiger partial charge >= 0.3 is 5.97 Å². The molecule has 0 saturated heterocycles. The van der Waals surface area contributed by atoms with Crippen molar-refractivity contribution in [2.75, 3.05) is 12.4 Å². The highest BCUT2D eigenvalue weighted by atomic mass is 35.5. The van der Waals surface area contributed by atoms with Crippen LogP contribution < -0.4 is 5.32 Å². The number of carbonyl (C=O) groups excluding carboxylic acids is 2. The van der Waals surface area contributed by atoms with Crippen LogP contribution in [0.5, 0.6) is 0 Å². The molecule has 1 rings (SSSR count). The quantitative estimate of drug-likeness (QED) is 0.809. The van der Waals surface area contributed by atoms with Crippen molar-refractivity contribution in [2.45, 2.75) is 13.8 Å². The normalized spacial score (nSPS) is 9.75. The minimum Gasteiger partial charge on any atom is -0.465 e. The molecule has 1 N–H and O–H groups in total. The van der Waals surface area contributed by atoms with Crippen LogP contribution in [0.4, 0.5) is 5.69 Å². The van der Waals surface area contributed by atoms with E-state index in [1.54, 1.807) is 13.0 Å². The van der Waals surface area contributed by atoms with Gasteiger partial charge in [0.25, 0.3) is 0 Å². The van der Waals surface area contributed by atoms with Crippen molar-refractivity contribution in [3.8, 4) is 0 Å². The average Bonchev–Trinajstić information content (AvgIpc) is 2.20. The number of aryl methyl sites for hydroxylation is 1. The minimum atomic E-state index is -0.533. The van der Waals surface area contributed by atoms with Crippen LogP contribution in [-0.4, -0.2) is 19.0 Å². The summed E-state index contributed by atoms with van der Waals surface area (Å²) >= 11 is 5.84. The Balaban J connectivity index is 3.31. The molecule has 0 spiro atoms. The van der Waals surface area contributed by atoms with E-state index in [2.05, 4.69) is 10.1 Å². The molecule has 86 valence electrons. The van der Waals surface area contributed by atoms with Crippen molar-refractivity contribution in [3.63, 3.8) is 0 Å². The number of rotatable bonds is 2. The Morgan fingerprint density at radius 3 is 2.50 bits per heavy atom. The molecule has 1 aromatic rings. The third-order valence-corrected chi connectivity index (χ3v) is 2.22. The van der Waals surface area contributed by atoms with Gasteiger partial charge in [-0.05, 0) is 24.6 Å². The zero-order valence-electron chi connectivity index (χ0n) is 9.26. The Morgan fingerprint density at radius 1 is 1.38 bits per heavy atom. The number of hydrogen-bond donors (Lipinski definition) is 1. The standard InChI is InChI=1S/C11H12ClNO3/c1-6-4-8(12)5-9(11(15)16-3)10(6)13-7(2)14/h4-5H,1-3H3,(H,13,14). The van der Waals surface area contributed by atoms with Crippen molar-refractivity contribution < 1.29 is 14.3 Å². The second kappa shape index (κ2) is 4.99. The molecule has 1 amide bonds. The fraction of sp³-hybridized carbons (Fsp3) is 0.273. The van der Waals surface area contributed by atoms with E-state index in [-0.39, 0.29) is 11.5 Å². The lowest BCUT2D eigenvalue weighted by molar-refractivity contribution is -0.114. The van der Waals surface area contributed by atoms with Crippen LogP contribution in [0.25, 0.3) is 0 Å². The van der Waals surface area contributed by atoms with Crippen LogP contribution in [0, 0.1) is 6.92 Å². The number of carbonyl (C=O) groups is 2. The molecule has 0 radical (unpaired) electrons. The lowest BCUT2D eigenvalue weighted by Crippen LogP contribution is -2.13. The molecule has 4 nitrogen and oxygen atoms in total. The zero-order chi connectivity index (χ0) is 12.3. The van der Waals surface area contributed by atoms with E-state index in [9.17, 15) is 9.59 Å². The predicted octanol–water partition coefficient (Wildman–Crippen LogP) is 2.39. The van der Waals surface area contributed by atoms with Crippen LogP contribution >= 0.6 is 11.6 Å². The third kappa shape index (κ3) is 2.73. The summed E-state index contributed by atoms with van der Waals surface area (Å²) in [6.45, 7) is 3.12. The van der Waals surface area contributed by atoms with Gasteiger partial charge < -0.3 is 10.1 Å². The van der Waals surface area contributed by atoms with E-state index < -0.39 is 5.97 Å². The van der Waals surface area contributed by atoms with Gasteiger partial charge in [0.1, 0.15) is 0 Å². The van der Waals surface area contributed by atoms with Crippen molar-refractivity contribution in [1.29, 1.82) is 0 Å². The summed E-state index contributed by atoms with van der Waals surface area (Å²) in [7, 11) is 1.27. The number of halogens is 1. The minimum absolute atomic E-state index is 0.253. The van der Waals surface area contributed by atoms with Crippen LogP contribution in [-0.2, 0) is 9.53 Å². The first-order valence-electron chi connectivity index (χ1n) is 4.61. The van der Waals surface area contributed by atoms with Gasteiger partial charge in [-0.3, -0.25) is 4.79 Å². The number of benzene rings is 1. The maximum atomic E-state index is 11.5. The maximum Gasteiger partial charge on any atom is 0.340 e. The SMILES string of the molecule is COC(=O)c1cc(Cl)cc(C)c1NC(C)=O. The van der Waals surface area contributed by atoms with Crippen molar-refractivity contribution >= 4 is 29.2 Å². The topological polar surface area (TPSA) is 55.4 Å². The molecular formula is C11H12ClNO3. The van der Waals surface area contributed by atoms with Gasteiger partial charge in [-0.2, -0.15) is 0 Å². The molecule has 5 heteroatoms. The molecule has 0 aliphatic carbocycles. The van der Waals surface area contributed by atoms with E-state index in [4.69, 9.17) is 11.6 Å². The zero-order valence-corrected chi connectivity index (χ0v) is 10.0. The second-order valence-corrected chi connectivity index (χ2v) is 3.75. The number of ether oxygens (including phenoxy) is 1. The molecule has 0 saturated carbocycles. The molecule has 0 heterocycles. The molecular weight excluding hydrogens is 230 g/mol. The summed E-state index contributed by atoms with van der Waals surface area (Å²) < 4.78 is 4.62. The molecule has 0 unspecified atom stereocenters. The highest BCUT2D eigenvalue weighted by Gasteiger charge is 2.16. The summed E-state index contributed by atoms with van der Waals surface area (Å²) in [5.41, 5.74) is 1.40. The highest BCUT2D eigenvalue weighted by Crippen LogP contribution is 2.26. The van der Waals surface area contributed by atoms with Gasteiger partial charge in [-0.25, -0.2) is 4.79 Å². The lowest BCUT2D eigenvalue weighted by Gasteiger charge is -2.12. The Morgan fingerprint density at radius 2 is 2.00 bits per heavy atom. The number of anilines is 1. The lowest BCUT2D eigenvalue weighted by atomic mass is 10.1. The number of amides is 1. The van der Waals surface area contributed by atoms with E-state index in [1.807, 2.05) is 0 Å². The Kier molecular flexibility index (Phi) is 3.90. The predicted molar refractivity (Wildman–Crippen MR) is 61.8 cm³/mol. The molecule has 16 heavy (non-hydrogen) atoms. The smallest absolute Gasteiger partial charge is 0.340 e. The van der Waals surface area contributed by atoms with Gasteiger partial charge in [0, 0.05) is 11.9 Å². The van der Waals surface area contributed by atoms with Gasteiger partial charge in [-0.1, -0.05) is 11.6 Å². The van der Waals surface area contributed by atoms with Crippen molar-refractivity contribution in [3.05, 3.63) is 28.3 Å². The fourth-order valence-electron chi connectivity index (χ4n) is 1.36. The van der Waals surface area contributed by atoms with E-state index in [0.29, 0.717) is 16.3 Å². The van der Waals surface area contributed by atoms with Crippen LogP contribution in [0.1, 0.15) is 22.8 Å². The molecule has 0 aliphatic heterocycles. The highest BCUT2D eigenvalue weighted by molar-refractivity contribution is 6.31. The molecule has 0 fully saturated rings. The van der Waals surface area contributed by atoms with Gasteiger partial charge in [0.05, 0.1) is 18.4 Å². The van der Waals surface area contributed by atoms with E-state index in [0.717, 1.165) is 0 Å². The first-order valence-corrected chi connectivity index (χ1v) is 4.99. The molecule has 0 bridgehead atoms. The monoisotopic (exact) mass is 241 g/mol. The summed E-state index contributed by atoms with van der Waals surface area (Å²) in [5, 5.41) is 3.01. The van der Waals surface area contributed by atoms with E-state index in [1.165, 1.54) is 20.1 Å². The maximum absolute atomic E-state index is 11.5. The first-order chi connectivity index (χ1) is 7.45. The Hall–Kier alpha value is -1.55. The summed E-state index contributed by atoms with van der Waals surface area (Å²) in [6.07, 6.45) is 0. The van der Waals surface area contributed by atoms with E-state index >= 15 is 0 Å². The molecule has 0 aliphatic rings. The summed E-state index contributed by atoms with van der Waals surface area (Å²) in [6, 6.07) is 3.13. The average molecular weight is 242 g/mol. The summed E-state index contributed by atoms with van der Waals surface area (Å²) in [5.74, 6) is -0.787. The molecule has 0 aromatic heterocycles. The number of nitrogens with one attached hydrogen (secondary N) is 1.